The van der Waals surface area contributed by atoms with E-state index in [1.54, 1.807) is 23.1 Å². The second-order valence-electron chi connectivity index (χ2n) is 9.19. The van der Waals surface area contributed by atoms with Gasteiger partial charge in [-0.3, -0.25) is 14.5 Å². The first-order chi connectivity index (χ1) is 15.7. The number of Topliss-reactive ketones (excluding diaryl/α,β-unsaturated/α-hetero) is 1. The van der Waals surface area contributed by atoms with Crippen LogP contribution in [-0.2, 0) is 9.59 Å². The Morgan fingerprint density at radius 3 is 2.18 bits per heavy atom. The lowest BCUT2D eigenvalue weighted by Gasteiger charge is -2.43. The Kier molecular flexibility index (Phi) is 5.91. The number of ketones is 1. The molecule has 7 heteroatoms. The Morgan fingerprint density at radius 1 is 0.909 bits per heavy atom. The van der Waals surface area contributed by atoms with E-state index in [9.17, 15) is 14.0 Å². The van der Waals surface area contributed by atoms with Crippen molar-refractivity contribution in [2.75, 3.05) is 26.2 Å². The van der Waals surface area contributed by atoms with Crippen LogP contribution in [0.1, 0.15) is 44.6 Å². The van der Waals surface area contributed by atoms with Gasteiger partial charge in [0.05, 0.1) is 21.3 Å². The van der Waals surface area contributed by atoms with Crippen LogP contribution in [0.2, 0.25) is 0 Å². The summed E-state index contributed by atoms with van der Waals surface area (Å²) >= 11 is 0. The molecule has 1 atom stereocenters. The zero-order valence-electron chi connectivity index (χ0n) is 19.5. The normalized spacial score (nSPS) is 19.9. The molecule has 2 aromatic rings. The monoisotopic (exact) mass is 453 g/mol. The minimum atomic E-state index is -0.484. The van der Waals surface area contributed by atoms with Gasteiger partial charge in [-0.2, -0.15) is 0 Å². The van der Waals surface area contributed by atoms with Crippen LogP contribution in [0.4, 0.5) is 10.1 Å². The molecule has 0 radical (unpaired) electrons. The Labute approximate surface area is 192 Å². The fourth-order valence-electron chi connectivity index (χ4n) is 4.97. The van der Waals surface area contributed by atoms with Gasteiger partial charge in [0.1, 0.15) is 5.82 Å². The summed E-state index contributed by atoms with van der Waals surface area (Å²) < 4.78 is 30.2. The number of carbonyl (C=O) groups is 2. The van der Waals surface area contributed by atoms with E-state index >= 15 is 0 Å². The Hall–Kier alpha value is -3.35. The quantitative estimate of drug-likeness (QED) is 0.636. The molecule has 0 aromatic heterocycles. The average molecular weight is 454 g/mol. The molecular weight excluding hydrogens is 425 g/mol. The number of halogens is 1. The van der Waals surface area contributed by atoms with Crippen molar-refractivity contribution in [1.29, 1.82) is 0 Å². The molecule has 0 spiro atoms. The molecule has 0 unspecified atom stereocenters. The lowest BCUT2D eigenvalue weighted by atomic mass is 9.69. The molecule has 0 saturated carbocycles. The lowest BCUT2D eigenvalue weighted by molar-refractivity contribution is -0.121. The number of hydrogen-bond donors (Lipinski definition) is 0. The van der Waals surface area contributed by atoms with Gasteiger partial charge in [0.25, 0.3) is 0 Å². The van der Waals surface area contributed by atoms with Crippen LogP contribution in [0.3, 0.4) is 0 Å². The van der Waals surface area contributed by atoms with Gasteiger partial charge in [0, 0.05) is 41.3 Å². The molecule has 2 aromatic carbocycles. The predicted octanol–water partition coefficient (Wildman–Crippen LogP) is 5.02. The van der Waals surface area contributed by atoms with E-state index in [1.807, 2.05) is 19.9 Å². The molecule has 1 heterocycles. The molecule has 33 heavy (non-hydrogen) atoms. The minimum absolute atomic E-state index is 0.00250. The van der Waals surface area contributed by atoms with Gasteiger partial charge in [0.2, 0.25) is 11.7 Å². The van der Waals surface area contributed by atoms with Crippen molar-refractivity contribution < 1.29 is 28.2 Å². The van der Waals surface area contributed by atoms with Gasteiger partial charge in [-0.25, -0.2) is 4.39 Å². The number of methoxy groups -OCH3 is 3. The molecule has 6 nitrogen and oxygen atoms in total. The number of hydrogen-bond acceptors (Lipinski definition) is 5. The van der Waals surface area contributed by atoms with Gasteiger partial charge in [-0.1, -0.05) is 19.9 Å². The first-order valence-corrected chi connectivity index (χ1v) is 10.8. The van der Waals surface area contributed by atoms with E-state index in [-0.39, 0.29) is 29.3 Å². The fraction of sp³-hybridized carbons (Fsp3) is 0.385. The molecule has 0 fully saturated rings. The third-order valence-electron chi connectivity index (χ3n) is 6.34. The molecular formula is C26H28FNO5. The van der Waals surface area contributed by atoms with Crippen LogP contribution in [0.5, 0.6) is 17.2 Å². The number of anilines is 1. The molecule has 1 aliphatic carbocycles. The second-order valence-corrected chi connectivity index (χ2v) is 9.19. The van der Waals surface area contributed by atoms with Crippen molar-refractivity contribution in [3.05, 3.63) is 59.0 Å². The van der Waals surface area contributed by atoms with Gasteiger partial charge in [-0.05, 0) is 42.2 Å². The number of rotatable bonds is 5. The SMILES string of the molecule is COc1ccc([C@@H]2CC(=O)N(c3ccc(F)cc3)C3=C2C(=O)CC(C)(C)C3)c(OC)c1OC. The highest BCUT2D eigenvalue weighted by Crippen LogP contribution is 2.52. The van der Waals surface area contributed by atoms with Crippen molar-refractivity contribution >= 4 is 17.4 Å². The van der Waals surface area contributed by atoms with E-state index in [0.29, 0.717) is 52.6 Å². The molecule has 1 amide bonds. The standard InChI is InChI=1S/C26H28FNO5/c1-26(2)13-19-23(20(29)14-26)18(12-22(30)28(19)16-8-6-15(27)7-9-16)17-10-11-21(31-3)25(33-5)24(17)32-4/h6-11,18H,12-14H2,1-5H3/t18-/m0/s1. The summed E-state index contributed by atoms with van der Waals surface area (Å²) in [7, 11) is 4.58. The van der Waals surface area contributed by atoms with Crippen molar-refractivity contribution in [3.8, 4) is 17.2 Å². The molecule has 0 N–H and O–H groups in total. The van der Waals surface area contributed by atoms with E-state index in [1.165, 1.54) is 33.5 Å². The third kappa shape index (κ3) is 3.96. The summed E-state index contributed by atoms with van der Waals surface area (Å²) in [6, 6.07) is 9.36. The third-order valence-corrected chi connectivity index (χ3v) is 6.34. The number of carbonyl (C=O) groups excluding carboxylic acids is 2. The largest absolute Gasteiger partial charge is 0.493 e. The highest BCUT2D eigenvalue weighted by Gasteiger charge is 2.45. The van der Waals surface area contributed by atoms with Crippen LogP contribution in [0.25, 0.3) is 0 Å². The number of amides is 1. The zero-order chi connectivity index (χ0) is 23.9. The summed E-state index contributed by atoms with van der Waals surface area (Å²) in [4.78, 5) is 28.6. The molecule has 174 valence electrons. The van der Waals surface area contributed by atoms with Gasteiger partial charge >= 0.3 is 0 Å². The maximum Gasteiger partial charge on any atom is 0.232 e. The van der Waals surface area contributed by atoms with Gasteiger partial charge in [-0.15, -0.1) is 0 Å². The van der Waals surface area contributed by atoms with Gasteiger partial charge < -0.3 is 14.2 Å². The molecule has 1 aliphatic heterocycles. The summed E-state index contributed by atoms with van der Waals surface area (Å²) in [5.74, 6) is 0.327. The van der Waals surface area contributed by atoms with Gasteiger partial charge in [0.15, 0.2) is 17.3 Å². The average Bonchev–Trinajstić information content (AvgIpc) is 2.77. The molecule has 2 aliphatic rings. The Balaban J connectivity index is 1.94. The maximum atomic E-state index is 13.6. The smallest absolute Gasteiger partial charge is 0.232 e. The van der Waals surface area contributed by atoms with Crippen LogP contribution >= 0.6 is 0 Å². The number of allylic oxidation sites excluding steroid dienone is 2. The van der Waals surface area contributed by atoms with Crippen LogP contribution in [-0.4, -0.2) is 33.0 Å². The minimum Gasteiger partial charge on any atom is -0.493 e. The molecule has 4 rings (SSSR count). The van der Waals surface area contributed by atoms with Crippen molar-refractivity contribution in [1.82, 2.24) is 0 Å². The topological polar surface area (TPSA) is 65.1 Å². The summed E-state index contributed by atoms with van der Waals surface area (Å²) in [5.41, 5.74) is 2.21. The summed E-state index contributed by atoms with van der Waals surface area (Å²) in [6.45, 7) is 4.03. The van der Waals surface area contributed by atoms with E-state index in [2.05, 4.69) is 0 Å². The van der Waals surface area contributed by atoms with Crippen LogP contribution < -0.4 is 19.1 Å². The highest BCUT2D eigenvalue weighted by atomic mass is 19.1. The Morgan fingerprint density at radius 2 is 1.58 bits per heavy atom. The Bertz CT molecular complexity index is 1140. The van der Waals surface area contributed by atoms with E-state index < -0.39 is 5.92 Å². The lowest BCUT2D eigenvalue weighted by Crippen LogP contribution is -2.43. The van der Waals surface area contributed by atoms with Crippen molar-refractivity contribution in [2.24, 2.45) is 5.41 Å². The zero-order valence-corrected chi connectivity index (χ0v) is 19.5. The molecule has 0 saturated heterocycles. The highest BCUT2D eigenvalue weighted by molar-refractivity contribution is 6.08. The predicted molar refractivity (Wildman–Crippen MR) is 122 cm³/mol. The first-order valence-electron chi connectivity index (χ1n) is 10.8. The van der Waals surface area contributed by atoms with Crippen LogP contribution in [0.15, 0.2) is 47.7 Å². The number of benzene rings is 2. The fourth-order valence-corrected chi connectivity index (χ4v) is 4.97. The van der Waals surface area contributed by atoms with E-state index in [0.717, 1.165) is 0 Å². The first kappa shape index (κ1) is 22.8. The van der Waals surface area contributed by atoms with Crippen molar-refractivity contribution in [3.63, 3.8) is 0 Å². The van der Waals surface area contributed by atoms with Crippen molar-refractivity contribution in [2.45, 2.75) is 39.0 Å². The molecule has 0 bridgehead atoms. The second kappa shape index (κ2) is 8.54. The van der Waals surface area contributed by atoms with E-state index in [4.69, 9.17) is 14.2 Å². The van der Waals surface area contributed by atoms with Crippen LogP contribution in [0, 0.1) is 11.2 Å². The maximum absolute atomic E-state index is 13.6. The summed E-state index contributed by atoms with van der Waals surface area (Å²) in [5, 5.41) is 0. The summed E-state index contributed by atoms with van der Waals surface area (Å²) in [6.07, 6.45) is 1.00. The number of ether oxygens (including phenoxy) is 3. The number of nitrogens with zero attached hydrogens (tertiary/aromatic N) is 1.